The van der Waals surface area contributed by atoms with E-state index < -0.39 is 5.97 Å². The van der Waals surface area contributed by atoms with Crippen molar-refractivity contribution < 1.29 is 19.5 Å². The molecule has 0 radical (unpaired) electrons. The molecule has 0 spiro atoms. The minimum Gasteiger partial charge on any atom is -0.481 e. The fourth-order valence-corrected chi connectivity index (χ4v) is 1.43. The highest BCUT2D eigenvalue weighted by atomic mass is 16.4. The molecule has 3 amide bonds. The third-order valence-electron chi connectivity index (χ3n) is 2.39. The van der Waals surface area contributed by atoms with Gasteiger partial charge in [-0.15, -0.1) is 0 Å². The van der Waals surface area contributed by atoms with E-state index in [0.29, 0.717) is 26.1 Å². The van der Waals surface area contributed by atoms with Gasteiger partial charge < -0.3 is 21.1 Å². The summed E-state index contributed by atoms with van der Waals surface area (Å²) in [5.41, 5.74) is 0. The van der Waals surface area contributed by atoms with Gasteiger partial charge in [0.15, 0.2) is 0 Å². The summed E-state index contributed by atoms with van der Waals surface area (Å²) < 4.78 is 0. The van der Waals surface area contributed by atoms with Gasteiger partial charge in [0.1, 0.15) is 0 Å². The number of carbonyl (C=O) groups excluding carboxylic acids is 2. The van der Waals surface area contributed by atoms with E-state index in [1.165, 1.54) is 6.92 Å². The highest BCUT2D eigenvalue weighted by Gasteiger charge is 1.99. The molecule has 7 nitrogen and oxygen atoms in total. The molecule has 0 bridgehead atoms. The zero-order chi connectivity index (χ0) is 14.5. The van der Waals surface area contributed by atoms with Crippen molar-refractivity contribution in [2.45, 2.75) is 39.0 Å². The van der Waals surface area contributed by atoms with Crippen molar-refractivity contribution in [2.24, 2.45) is 0 Å². The van der Waals surface area contributed by atoms with Crippen molar-refractivity contribution in [2.75, 3.05) is 19.6 Å². The van der Waals surface area contributed by atoms with Crippen LogP contribution in [0.25, 0.3) is 0 Å². The van der Waals surface area contributed by atoms with E-state index in [-0.39, 0.29) is 18.4 Å². The molecular weight excluding hydrogens is 250 g/mol. The molecule has 0 fully saturated rings. The summed E-state index contributed by atoms with van der Waals surface area (Å²) in [5.74, 6) is -0.889. The Bertz CT molecular complexity index is 295. The second kappa shape index (κ2) is 11.3. The van der Waals surface area contributed by atoms with Crippen molar-refractivity contribution in [3.05, 3.63) is 0 Å². The smallest absolute Gasteiger partial charge is 0.314 e. The van der Waals surface area contributed by atoms with Gasteiger partial charge in [-0.2, -0.15) is 0 Å². The number of aliphatic carboxylic acids is 1. The Balaban J connectivity index is 3.24. The number of amides is 3. The third kappa shape index (κ3) is 14.1. The maximum absolute atomic E-state index is 11.3. The molecule has 0 rings (SSSR count). The molecule has 0 heterocycles. The summed E-state index contributed by atoms with van der Waals surface area (Å²) in [6.07, 6.45) is 3.48. The van der Waals surface area contributed by atoms with E-state index in [4.69, 9.17) is 5.11 Å². The molecule has 0 aromatic heterocycles. The lowest BCUT2D eigenvalue weighted by molar-refractivity contribution is -0.137. The minimum atomic E-state index is -0.767. The molecule has 0 aromatic rings. The van der Waals surface area contributed by atoms with Crippen molar-refractivity contribution >= 4 is 17.9 Å². The van der Waals surface area contributed by atoms with Crippen LogP contribution >= 0.6 is 0 Å². The molecule has 0 saturated heterocycles. The van der Waals surface area contributed by atoms with E-state index in [9.17, 15) is 14.4 Å². The van der Waals surface area contributed by atoms with Crippen molar-refractivity contribution in [3.8, 4) is 0 Å². The van der Waals surface area contributed by atoms with Gasteiger partial charge in [0.2, 0.25) is 5.91 Å². The maximum atomic E-state index is 11.3. The highest BCUT2D eigenvalue weighted by Crippen LogP contribution is 2.01. The molecule has 110 valence electrons. The monoisotopic (exact) mass is 273 g/mol. The standard InChI is InChI=1S/C12H23N3O4/c1-10(16)13-8-9-15-12(19)14-7-5-3-2-4-6-11(17)18/h2-9H2,1H3,(H,13,16)(H,17,18)(H2,14,15,19). The van der Waals surface area contributed by atoms with Gasteiger partial charge in [-0.05, 0) is 12.8 Å². The Morgan fingerprint density at radius 3 is 2.05 bits per heavy atom. The van der Waals surface area contributed by atoms with Crippen LogP contribution in [0.3, 0.4) is 0 Å². The number of carbonyl (C=O) groups is 3. The molecule has 0 aliphatic rings. The van der Waals surface area contributed by atoms with Gasteiger partial charge in [0.25, 0.3) is 0 Å². The molecule has 4 N–H and O–H groups in total. The summed E-state index contributed by atoms with van der Waals surface area (Å²) in [5, 5.41) is 16.3. The lowest BCUT2D eigenvalue weighted by atomic mass is 10.1. The highest BCUT2D eigenvalue weighted by molar-refractivity contribution is 5.74. The number of carboxylic acids is 1. The zero-order valence-electron chi connectivity index (χ0n) is 11.3. The lowest BCUT2D eigenvalue weighted by Gasteiger charge is -2.07. The van der Waals surface area contributed by atoms with E-state index in [2.05, 4.69) is 16.0 Å². The number of unbranched alkanes of at least 4 members (excludes halogenated alkanes) is 3. The van der Waals surface area contributed by atoms with Crippen LogP contribution in [0.5, 0.6) is 0 Å². The van der Waals surface area contributed by atoms with Gasteiger partial charge in [0, 0.05) is 33.0 Å². The number of rotatable bonds is 10. The Hall–Kier alpha value is -1.79. The first kappa shape index (κ1) is 17.2. The average molecular weight is 273 g/mol. The van der Waals surface area contributed by atoms with Gasteiger partial charge in [-0.3, -0.25) is 9.59 Å². The van der Waals surface area contributed by atoms with E-state index in [0.717, 1.165) is 19.3 Å². The SMILES string of the molecule is CC(=O)NCCNC(=O)NCCCCCCC(=O)O. The first-order valence-electron chi connectivity index (χ1n) is 6.50. The molecule has 0 aliphatic heterocycles. The molecule has 0 unspecified atom stereocenters. The molecule has 0 saturated carbocycles. The molecule has 0 aromatic carbocycles. The second-order valence-corrected chi connectivity index (χ2v) is 4.22. The molecule has 7 heteroatoms. The number of hydrogen-bond donors (Lipinski definition) is 4. The van der Waals surface area contributed by atoms with Crippen molar-refractivity contribution in [1.82, 2.24) is 16.0 Å². The Morgan fingerprint density at radius 2 is 1.42 bits per heavy atom. The summed E-state index contributed by atoms with van der Waals surface area (Å²) in [7, 11) is 0. The van der Waals surface area contributed by atoms with E-state index in [1.54, 1.807) is 0 Å². The Labute approximate surface area is 113 Å². The van der Waals surface area contributed by atoms with Crippen LogP contribution in [0.1, 0.15) is 39.0 Å². The van der Waals surface area contributed by atoms with Crippen LogP contribution in [0.2, 0.25) is 0 Å². The number of hydrogen-bond acceptors (Lipinski definition) is 3. The number of urea groups is 1. The van der Waals surface area contributed by atoms with Crippen LogP contribution in [-0.4, -0.2) is 42.6 Å². The Kier molecular flexibility index (Phi) is 10.2. The van der Waals surface area contributed by atoms with Gasteiger partial charge >= 0.3 is 12.0 Å². The van der Waals surface area contributed by atoms with Crippen molar-refractivity contribution in [1.29, 1.82) is 0 Å². The van der Waals surface area contributed by atoms with E-state index >= 15 is 0 Å². The average Bonchev–Trinajstić information content (AvgIpc) is 2.33. The quantitative estimate of drug-likeness (QED) is 0.434. The summed E-state index contributed by atoms with van der Waals surface area (Å²) in [6, 6.07) is -0.254. The second-order valence-electron chi connectivity index (χ2n) is 4.22. The van der Waals surface area contributed by atoms with Gasteiger partial charge in [-0.1, -0.05) is 12.8 Å². The van der Waals surface area contributed by atoms with Crippen LogP contribution in [0.4, 0.5) is 4.79 Å². The zero-order valence-corrected chi connectivity index (χ0v) is 11.3. The summed E-state index contributed by atoms with van der Waals surface area (Å²) in [6.45, 7) is 2.80. The van der Waals surface area contributed by atoms with Gasteiger partial charge in [0.05, 0.1) is 0 Å². The topological polar surface area (TPSA) is 108 Å². The fourth-order valence-electron chi connectivity index (χ4n) is 1.43. The lowest BCUT2D eigenvalue weighted by Crippen LogP contribution is -2.40. The Morgan fingerprint density at radius 1 is 0.842 bits per heavy atom. The molecule has 0 atom stereocenters. The predicted octanol–water partition coefficient (Wildman–Crippen LogP) is 0.457. The molecule has 0 aliphatic carbocycles. The largest absolute Gasteiger partial charge is 0.481 e. The summed E-state index contributed by atoms with van der Waals surface area (Å²) in [4.78, 5) is 32.1. The van der Waals surface area contributed by atoms with Crippen LogP contribution in [-0.2, 0) is 9.59 Å². The van der Waals surface area contributed by atoms with E-state index in [1.807, 2.05) is 0 Å². The van der Waals surface area contributed by atoms with Crippen molar-refractivity contribution in [3.63, 3.8) is 0 Å². The number of carboxylic acid groups (broad SMARTS) is 1. The summed E-state index contributed by atoms with van der Waals surface area (Å²) >= 11 is 0. The fraction of sp³-hybridized carbons (Fsp3) is 0.750. The van der Waals surface area contributed by atoms with Crippen LogP contribution in [0, 0.1) is 0 Å². The predicted molar refractivity (Wildman–Crippen MR) is 70.8 cm³/mol. The molecular formula is C12H23N3O4. The minimum absolute atomic E-state index is 0.122. The number of nitrogens with one attached hydrogen (secondary N) is 3. The van der Waals surface area contributed by atoms with Crippen LogP contribution < -0.4 is 16.0 Å². The molecule has 19 heavy (non-hydrogen) atoms. The normalized spacial score (nSPS) is 9.74. The first-order valence-corrected chi connectivity index (χ1v) is 6.50. The first-order chi connectivity index (χ1) is 9.02. The van der Waals surface area contributed by atoms with Crippen LogP contribution in [0.15, 0.2) is 0 Å². The van der Waals surface area contributed by atoms with Gasteiger partial charge in [-0.25, -0.2) is 4.79 Å². The maximum Gasteiger partial charge on any atom is 0.314 e. The third-order valence-corrected chi connectivity index (χ3v) is 2.39.